The lowest BCUT2D eigenvalue weighted by Gasteiger charge is -2.12. The zero-order valence-electron chi connectivity index (χ0n) is 15.7. The van der Waals surface area contributed by atoms with Gasteiger partial charge < -0.3 is 19.4 Å². The fourth-order valence-electron chi connectivity index (χ4n) is 3.19. The maximum Gasteiger partial charge on any atom is 0.228 e. The molecule has 2 heterocycles. The smallest absolute Gasteiger partial charge is 0.228 e. The van der Waals surface area contributed by atoms with Gasteiger partial charge in [0.1, 0.15) is 11.6 Å². The van der Waals surface area contributed by atoms with E-state index in [1.54, 1.807) is 48.1 Å². The highest BCUT2D eigenvalue weighted by molar-refractivity contribution is 6.32. The van der Waals surface area contributed by atoms with E-state index in [2.05, 4.69) is 10.3 Å². The van der Waals surface area contributed by atoms with Crippen LogP contribution in [0.1, 0.15) is 17.8 Å². The van der Waals surface area contributed by atoms with Gasteiger partial charge >= 0.3 is 0 Å². The summed E-state index contributed by atoms with van der Waals surface area (Å²) in [5.41, 5.74) is 1.42. The quantitative estimate of drug-likeness (QED) is 0.689. The summed E-state index contributed by atoms with van der Waals surface area (Å²) >= 11 is 6.27. The minimum atomic E-state index is -0.456. The first-order chi connectivity index (χ1) is 14.0. The number of carbonyl (C=O) groups is 1. The van der Waals surface area contributed by atoms with Gasteiger partial charge in [-0.3, -0.25) is 4.79 Å². The van der Waals surface area contributed by atoms with Crippen LogP contribution in [0.2, 0.25) is 5.02 Å². The van der Waals surface area contributed by atoms with E-state index in [0.29, 0.717) is 52.5 Å². The molecule has 8 heteroatoms. The summed E-state index contributed by atoms with van der Waals surface area (Å²) < 4.78 is 27.4. The monoisotopic (exact) mass is 415 g/mol. The summed E-state index contributed by atoms with van der Waals surface area (Å²) in [6.45, 7) is 2.85. The maximum atomic E-state index is 14.5. The highest BCUT2D eigenvalue weighted by Gasteiger charge is 2.17. The number of nitrogens with zero attached hydrogens (tertiary/aromatic N) is 2. The molecule has 29 heavy (non-hydrogen) atoms. The van der Waals surface area contributed by atoms with Crippen molar-refractivity contribution < 1.29 is 18.7 Å². The normalized spacial score (nSPS) is 13.1. The van der Waals surface area contributed by atoms with Crippen LogP contribution in [0, 0.1) is 12.7 Å². The van der Waals surface area contributed by atoms with Crippen LogP contribution in [0.25, 0.3) is 5.69 Å². The number of nitrogens with one attached hydrogen (secondary N) is 1. The molecule has 0 fully saturated rings. The van der Waals surface area contributed by atoms with Gasteiger partial charge in [-0.1, -0.05) is 11.6 Å². The number of ether oxygens (including phenoxy) is 2. The van der Waals surface area contributed by atoms with Crippen molar-refractivity contribution in [2.24, 2.45) is 0 Å². The zero-order chi connectivity index (χ0) is 20.4. The number of aryl methyl sites for hydroxylation is 1. The van der Waals surface area contributed by atoms with E-state index >= 15 is 0 Å². The average molecular weight is 416 g/mol. The van der Waals surface area contributed by atoms with Crippen LogP contribution in [0.3, 0.4) is 0 Å². The summed E-state index contributed by atoms with van der Waals surface area (Å²) in [5.74, 6) is 0.959. The molecule has 6 nitrogen and oxygen atoms in total. The molecular formula is C21H19ClFN3O3. The SMILES string of the molecule is Cc1nccn1-c1ccc(NC(=O)Cc2cc(Cl)c3c(c2)OCCCO3)cc1F. The third-order valence-electron chi connectivity index (χ3n) is 4.54. The largest absolute Gasteiger partial charge is 0.489 e. The van der Waals surface area contributed by atoms with E-state index in [1.807, 2.05) is 0 Å². The molecule has 1 N–H and O–H groups in total. The standard InChI is InChI=1S/C21H19ClFN3O3/c1-13-24-5-6-26(13)18-4-3-15(12-17(18)23)25-20(27)11-14-9-16(22)21-19(10-14)28-7-2-8-29-21/h3-6,9-10,12H,2,7-8,11H2,1H3,(H,25,27). The van der Waals surface area contributed by atoms with E-state index in [1.165, 1.54) is 6.07 Å². The van der Waals surface area contributed by atoms with E-state index in [4.69, 9.17) is 21.1 Å². The predicted molar refractivity (Wildman–Crippen MR) is 108 cm³/mol. The lowest BCUT2D eigenvalue weighted by molar-refractivity contribution is -0.115. The summed E-state index contributed by atoms with van der Waals surface area (Å²) in [6.07, 6.45) is 4.12. The van der Waals surface area contributed by atoms with Crippen molar-refractivity contribution in [3.8, 4) is 17.2 Å². The number of hydrogen-bond donors (Lipinski definition) is 1. The molecule has 2 aromatic carbocycles. The van der Waals surface area contributed by atoms with Crippen LogP contribution in [0.4, 0.5) is 10.1 Å². The molecule has 1 aliphatic heterocycles. The molecule has 0 aliphatic carbocycles. The number of fused-ring (bicyclic) bond motifs is 1. The zero-order valence-corrected chi connectivity index (χ0v) is 16.5. The Hall–Kier alpha value is -3.06. The molecule has 0 radical (unpaired) electrons. The van der Waals surface area contributed by atoms with Gasteiger partial charge in [0.2, 0.25) is 5.91 Å². The Bertz CT molecular complexity index is 1070. The molecular weight excluding hydrogens is 397 g/mol. The van der Waals surface area contributed by atoms with Gasteiger partial charge in [-0.2, -0.15) is 0 Å². The Morgan fingerprint density at radius 1 is 1.28 bits per heavy atom. The molecule has 1 aliphatic rings. The second kappa shape index (κ2) is 8.13. The summed E-state index contributed by atoms with van der Waals surface area (Å²) in [5, 5.41) is 3.11. The molecule has 0 atom stereocenters. The van der Waals surface area contributed by atoms with Gasteiger partial charge in [-0.25, -0.2) is 9.37 Å². The Labute approximate surface area is 172 Å². The van der Waals surface area contributed by atoms with Gasteiger partial charge in [0, 0.05) is 24.5 Å². The topological polar surface area (TPSA) is 65.4 Å². The van der Waals surface area contributed by atoms with E-state index in [-0.39, 0.29) is 12.3 Å². The van der Waals surface area contributed by atoms with Gasteiger partial charge in [-0.05, 0) is 42.8 Å². The first-order valence-corrected chi connectivity index (χ1v) is 9.57. The molecule has 1 aromatic heterocycles. The fourth-order valence-corrected chi connectivity index (χ4v) is 3.48. The summed E-state index contributed by atoms with van der Waals surface area (Å²) in [6, 6.07) is 7.96. The number of carbonyl (C=O) groups excluding carboxylic acids is 1. The van der Waals surface area contributed by atoms with E-state index in [0.717, 1.165) is 6.42 Å². The second-order valence-corrected chi connectivity index (χ2v) is 7.10. The summed E-state index contributed by atoms with van der Waals surface area (Å²) in [7, 11) is 0. The Kier molecular flexibility index (Phi) is 5.40. The van der Waals surface area contributed by atoms with Crippen LogP contribution in [0.15, 0.2) is 42.7 Å². The third kappa shape index (κ3) is 4.19. The van der Waals surface area contributed by atoms with Crippen molar-refractivity contribution in [2.75, 3.05) is 18.5 Å². The van der Waals surface area contributed by atoms with Crippen LogP contribution >= 0.6 is 11.6 Å². The van der Waals surface area contributed by atoms with Crippen molar-refractivity contribution in [2.45, 2.75) is 19.8 Å². The van der Waals surface area contributed by atoms with Crippen molar-refractivity contribution >= 4 is 23.2 Å². The first-order valence-electron chi connectivity index (χ1n) is 9.19. The van der Waals surface area contributed by atoms with Crippen molar-refractivity contribution in [1.29, 1.82) is 0 Å². The molecule has 4 rings (SSSR count). The summed E-state index contributed by atoms with van der Waals surface area (Å²) in [4.78, 5) is 16.5. The Morgan fingerprint density at radius 2 is 2.10 bits per heavy atom. The third-order valence-corrected chi connectivity index (χ3v) is 4.82. The highest BCUT2D eigenvalue weighted by Crippen LogP contribution is 2.38. The Morgan fingerprint density at radius 3 is 2.86 bits per heavy atom. The average Bonchev–Trinajstić information content (AvgIpc) is 2.94. The molecule has 0 spiro atoms. The van der Waals surface area contributed by atoms with Crippen molar-refractivity contribution in [3.05, 3.63) is 65.0 Å². The maximum absolute atomic E-state index is 14.5. The molecule has 0 unspecified atom stereocenters. The molecule has 0 saturated carbocycles. The lowest BCUT2D eigenvalue weighted by Crippen LogP contribution is -2.15. The van der Waals surface area contributed by atoms with E-state index in [9.17, 15) is 9.18 Å². The molecule has 0 saturated heterocycles. The van der Waals surface area contributed by atoms with Gasteiger partial charge in [0.25, 0.3) is 0 Å². The first kappa shape index (κ1) is 19.3. The second-order valence-electron chi connectivity index (χ2n) is 6.69. The number of halogens is 2. The van der Waals surface area contributed by atoms with Crippen LogP contribution in [-0.4, -0.2) is 28.7 Å². The molecule has 1 amide bonds. The van der Waals surface area contributed by atoms with Gasteiger partial charge in [0.05, 0.1) is 30.3 Å². The van der Waals surface area contributed by atoms with Gasteiger partial charge in [0.15, 0.2) is 11.5 Å². The lowest BCUT2D eigenvalue weighted by atomic mass is 10.1. The fraction of sp³-hybridized carbons (Fsp3) is 0.238. The molecule has 3 aromatic rings. The molecule has 150 valence electrons. The van der Waals surface area contributed by atoms with Crippen LogP contribution in [0.5, 0.6) is 11.5 Å². The number of anilines is 1. The van der Waals surface area contributed by atoms with Gasteiger partial charge in [-0.15, -0.1) is 0 Å². The van der Waals surface area contributed by atoms with E-state index < -0.39 is 5.82 Å². The minimum absolute atomic E-state index is 0.0698. The predicted octanol–water partition coefficient (Wildman–Crippen LogP) is 4.32. The number of amides is 1. The van der Waals surface area contributed by atoms with Crippen LogP contribution in [-0.2, 0) is 11.2 Å². The Balaban J connectivity index is 1.48. The highest BCUT2D eigenvalue weighted by atomic mass is 35.5. The number of imidazole rings is 1. The van der Waals surface area contributed by atoms with Crippen molar-refractivity contribution in [3.63, 3.8) is 0 Å². The number of aromatic nitrogens is 2. The van der Waals surface area contributed by atoms with Crippen molar-refractivity contribution in [1.82, 2.24) is 9.55 Å². The number of rotatable bonds is 4. The minimum Gasteiger partial charge on any atom is -0.489 e. The van der Waals surface area contributed by atoms with Crippen LogP contribution < -0.4 is 14.8 Å². The number of benzene rings is 2. The molecule has 0 bridgehead atoms. The number of hydrogen-bond acceptors (Lipinski definition) is 4.